The molecule has 8 heteroatoms. The second kappa shape index (κ2) is 9.29. The second-order valence-electron chi connectivity index (χ2n) is 6.47. The first kappa shape index (κ1) is 20.5. The second-order valence-corrected chi connectivity index (χ2v) is 7.41. The van der Waals surface area contributed by atoms with Crippen molar-refractivity contribution in [3.05, 3.63) is 70.3 Å². The van der Waals surface area contributed by atoms with E-state index in [0.29, 0.717) is 21.8 Å². The molecule has 0 aliphatic heterocycles. The summed E-state index contributed by atoms with van der Waals surface area (Å²) in [6, 6.07) is 11.1. The molecule has 1 amide bonds. The van der Waals surface area contributed by atoms with E-state index in [1.807, 2.05) is 25.3 Å². The number of carbonyl (C=O) groups is 2. The number of nitrogens with one attached hydrogen (secondary N) is 1. The van der Waals surface area contributed by atoms with Gasteiger partial charge in [0.25, 0.3) is 5.91 Å². The molecule has 3 aromatic rings. The van der Waals surface area contributed by atoms with E-state index in [-0.39, 0.29) is 11.9 Å². The first-order valence-corrected chi connectivity index (χ1v) is 9.83. The third kappa shape index (κ3) is 5.39. The number of benzene rings is 1. The Labute approximate surface area is 171 Å². The van der Waals surface area contributed by atoms with Crippen LogP contribution in [0.1, 0.15) is 30.3 Å². The zero-order valence-electron chi connectivity index (χ0n) is 16.0. The van der Waals surface area contributed by atoms with Gasteiger partial charge in [0.05, 0.1) is 11.8 Å². The number of esters is 1. The van der Waals surface area contributed by atoms with Crippen LogP contribution in [0.15, 0.2) is 54.0 Å². The topological polar surface area (TPSA) is 73.2 Å². The van der Waals surface area contributed by atoms with Gasteiger partial charge in [-0.2, -0.15) is 5.10 Å². The van der Waals surface area contributed by atoms with Gasteiger partial charge in [-0.25, -0.2) is 13.9 Å². The predicted molar refractivity (Wildman–Crippen MR) is 111 cm³/mol. The molecular formula is C21H20FN3O3S. The maximum absolute atomic E-state index is 13.1. The van der Waals surface area contributed by atoms with Crippen LogP contribution in [0, 0.1) is 5.82 Å². The molecule has 0 saturated heterocycles. The minimum absolute atomic E-state index is 0.0759. The van der Waals surface area contributed by atoms with Gasteiger partial charge in [0.2, 0.25) is 0 Å². The molecule has 0 aliphatic rings. The first-order chi connectivity index (χ1) is 13.9. The number of anilines is 1. The zero-order chi connectivity index (χ0) is 20.8. The Morgan fingerprint density at radius 2 is 2.00 bits per heavy atom. The summed E-state index contributed by atoms with van der Waals surface area (Å²) in [5, 5.41) is 8.66. The number of carbonyl (C=O) groups excluding carboxylic acids is 2. The average Bonchev–Trinajstić information content (AvgIpc) is 3.37. The van der Waals surface area contributed by atoms with Gasteiger partial charge in [-0.1, -0.05) is 18.2 Å². The van der Waals surface area contributed by atoms with Crippen LogP contribution in [-0.2, 0) is 14.3 Å². The van der Waals surface area contributed by atoms with E-state index < -0.39 is 18.5 Å². The Hall–Kier alpha value is -3.26. The highest BCUT2D eigenvalue weighted by Gasteiger charge is 2.17. The molecule has 0 radical (unpaired) electrons. The zero-order valence-corrected chi connectivity index (χ0v) is 16.8. The van der Waals surface area contributed by atoms with Crippen molar-refractivity contribution in [2.45, 2.75) is 19.9 Å². The number of ether oxygens (including phenoxy) is 1. The van der Waals surface area contributed by atoms with Crippen molar-refractivity contribution in [1.29, 1.82) is 0 Å². The fourth-order valence-corrected chi connectivity index (χ4v) is 3.33. The van der Waals surface area contributed by atoms with Gasteiger partial charge in [-0.15, -0.1) is 11.3 Å². The number of amides is 1. The number of rotatable bonds is 7. The molecule has 0 atom stereocenters. The number of aromatic nitrogens is 2. The van der Waals surface area contributed by atoms with Crippen molar-refractivity contribution < 1.29 is 18.7 Å². The lowest BCUT2D eigenvalue weighted by Gasteiger charge is -2.12. The fourth-order valence-electron chi connectivity index (χ4n) is 2.60. The van der Waals surface area contributed by atoms with Gasteiger partial charge in [0.1, 0.15) is 11.6 Å². The molecule has 0 unspecified atom stereocenters. The van der Waals surface area contributed by atoms with Gasteiger partial charge in [-0.3, -0.25) is 4.79 Å². The smallest absolute Gasteiger partial charge is 0.340 e. The first-order valence-electron chi connectivity index (χ1n) is 8.95. The van der Waals surface area contributed by atoms with E-state index in [9.17, 15) is 14.0 Å². The summed E-state index contributed by atoms with van der Waals surface area (Å²) in [6.45, 7) is 3.45. The Kier molecular flexibility index (Phi) is 6.56. The van der Waals surface area contributed by atoms with Gasteiger partial charge in [0, 0.05) is 17.0 Å². The monoisotopic (exact) mass is 413 g/mol. The summed E-state index contributed by atoms with van der Waals surface area (Å²) in [5.74, 6) is -0.932. The minimum atomic E-state index is -0.635. The van der Waals surface area contributed by atoms with Crippen molar-refractivity contribution in [3.8, 4) is 0 Å². The van der Waals surface area contributed by atoms with E-state index in [2.05, 4.69) is 10.4 Å². The third-order valence-corrected chi connectivity index (χ3v) is 4.85. The third-order valence-electron chi connectivity index (χ3n) is 3.95. The summed E-state index contributed by atoms with van der Waals surface area (Å²) < 4.78 is 20.0. The molecule has 0 saturated carbocycles. The lowest BCUT2D eigenvalue weighted by Crippen LogP contribution is -2.23. The highest BCUT2D eigenvalue weighted by atomic mass is 32.1. The van der Waals surface area contributed by atoms with Crippen LogP contribution in [0.4, 0.5) is 10.2 Å². The largest absolute Gasteiger partial charge is 0.452 e. The highest BCUT2D eigenvalue weighted by molar-refractivity contribution is 7.11. The van der Waals surface area contributed by atoms with Crippen LogP contribution in [-0.4, -0.2) is 28.3 Å². The SMILES string of the molecule is CC(C)n1nccc1NC(=O)COC(=O)/C(=C/c1ccc(F)cc1)c1cccs1. The normalized spacial score (nSPS) is 11.5. The number of hydrogen-bond acceptors (Lipinski definition) is 5. The number of halogens is 1. The van der Waals surface area contributed by atoms with E-state index in [1.165, 1.54) is 23.5 Å². The molecule has 0 aliphatic carbocycles. The van der Waals surface area contributed by atoms with E-state index in [0.717, 1.165) is 0 Å². The summed E-state index contributed by atoms with van der Waals surface area (Å²) >= 11 is 1.37. The van der Waals surface area contributed by atoms with Crippen molar-refractivity contribution in [1.82, 2.24) is 9.78 Å². The molecule has 1 N–H and O–H groups in total. The van der Waals surface area contributed by atoms with E-state index in [4.69, 9.17) is 4.74 Å². The van der Waals surface area contributed by atoms with Crippen LogP contribution in [0.3, 0.4) is 0 Å². The molecule has 2 aromatic heterocycles. The molecule has 2 heterocycles. The molecule has 1 aromatic carbocycles. The number of hydrogen-bond donors (Lipinski definition) is 1. The lowest BCUT2D eigenvalue weighted by atomic mass is 10.1. The molecule has 0 fully saturated rings. The number of nitrogens with zero attached hydrogens (tertiary/aromatic N) is 2. The quantitative estimate of drug-likeness (QED) is 0.461. The minimum Gasteiger partial charge on any atom is -0.452 e. The van der Waals surface area contributed by atoms with Crippen molar-refractivity contribution in [2.75, 3.05) is 11.9 Å². The highest BCUT2D eigenvalue weighted by Crippen LogP contribution is 2.24. The summed E-state index contributed by atoms with van der Waals surface area (Å²) in [6.07, 6.45) is 3.20. The van der Waals surface area contributed by atoms with Gasteiger partial charge >= 0.3 is 5.97 Å². The lowest BCUT2D eigenvalue weighted by molar-refractivity contribution is -0.141. The average molecular weight is 413 g/mol. The van der Waals surface area contributed by atoms with E-state index in [1.54, 1.807) is 41.2 Å². The van der Waals surface area contributed by atoms with Gasteiger partial charge in [0.15, 0.2) is 6.61 Å². The van der Waals surface area contributed by atoms with Crippen molar-refractivity contribution in [3.63, 3.8) is 0 Å². The summed E-state index contributed by atoms with van der Waals surface area (Å²) in [4.78, 5) is 25.5. The molecule has 3 rings (SSSR count). The molecule has 0 bridgehead atoms. The Bertz CT molecular complexity index is 1010. The summed E-state index contributed by atoms with van der Waals surface area (Å²) in [7, 11) is 0. The molecule has 150 valence electrons. The standard InChI is InChI=1S/C21H20FN3O3S/c1-14(2)25-19(9-10-23-25)24-20(26)13-28-21(27)17(18-4-3-11-29-18)12-15-5-7-16(22)8-6-15/h3-12,14H,13H2,1-2H3,(H,24,26)/b17-12+. The predicted octanol–water partition coefficient (Wildman–Crippen LogP) is 4.39. The number of thiophene rings is 1. The fraction of sp³-hybridized carbons (Fsp3) is 0.190. The van der Waals surface area contributed by atoms with E-state index >= 15 is 0 Å². The van der Waals surface area contributed by atoms with Crippen LogP contribution in [0.5, 0.6) is 0 Å². The maximum atomic E-state index is 13.1. The van der Waals surface area contributed by atoms with Crippen molar-refractivity contribution in [2.24, 2.45) is 0 Å². The van der Waals surface area contributed by atoms with Gasteiger partial charge in [-0.05, 0) is 49.1 Å². The Balaban J connectivity index is 1.69. The Morgan fingerprint density at radius 1 is 1.24 bits per heavy atom. The van der Waals surface area contributed by atoms with Crippen LogP contribution < -0.4 is 5.32 Å². The molecule has 6 nitrogen and oxygen atoms in total. The molecular weight excluding hydrogens is 393 g/mol. The Morgan fingerprint density at radius 3 is 2.66 bits per heavy atom. The van der Waals surface area contributed by atoms with Crippen LogP contribution in [0.25, 0.3) is 11.6 Å². The molecule has 29 heavy (non-hydrogen) atoms. The van der Waals surface area contributed by atoms with Gasteiger partial charge < -0.3 is 10.1 Å². The summed E-state index contributed by atoms with van der Waals surface area (Å²) in [5.41, 5.74) is 0.948. The maximum Gasteiger partial charge on any atom is 0.340 e. The molecule has 0 spiro atoms. The van der Waals surface area contributed by atoms with Crippen LogP contribution in [0.2, 0.25) is 0 Å². The van der Waals surface area contributed by atoms with Crippen LogP contribution >= 0.6 is 11.3 Å². The van der Waals surface area contributed by atoms with Crippen molar-refractivity contribution >= 4 is 40.7 Å².